The van der Waals surface area contributed by atoms with E-state index in [-0.39, 0.29) is 0 Å². The van der Waals surface area contributed by atoms with Crippen molar-refractivity contribution in [1.29, 1.82) is 0 Å². The maximum Gasteiger partial charge on any atom is 0.0488 e. The first-order valence-electron chi connectivity index (χ1n) is 14.3. The zero-order valence-corrected chi connectivity index (χ0v) is 23.2. The van der Waals surface area contributed by atoms with Gasteiger partial charge in [-0.15, -0.1) is 0 Å². The van der Waals surface area contributed by atoms with Gasteiger partial charge in [-0.25, -0.2) is 0 Å². The minimum Gasteiger partial charge on any atom is -0.344 e. The molecule has 1 aliphatic rings. The number of nitrogens with zero attached hydrogens (tertiary/aromatic N) is 1. The molecule has 7 aromatic rings. The summed E-state index contributed by atoms with van der Waals surface area (Å²) in [4.78, 5) is 2.33. The largest absolute Gasteiger partial charge is 0.344 e. The molecule has 0 aromatic heterocycles. The van der Waals surface area contributed by atoms with E-state index < -0.39 is 0 Å². The predicted octanol–water partition coefficient (Wildman–Crippen LogP) is 11.0. The van der Waals surface area contributed by atoms with Gasteiger partial charge in [-0.1, -0.05) is 133 Å². The van der Waals surface area contributed by atoms with Crippen molar-refractivity contribution in [3.63, 3.8) is 0 Å². The van der Waals surface area contributed by atoms with Gasteiger partial charge >= 0.3 is 0 Å². The van der Waals surface area contributed by atoms with Gasteiger partial charge < -0.3 is 4.90 Å². The molecule has 1 nitrogen and oxygen atoms in total. The molecule has 0 saturated heterocycles. The molecule has 1 aliphatic heterocycles. The lowest BCUT2D eigenvalue weighted by molar-refractivity contribution is 1.20. The van der Waals surface area contributed by atoms with Crippen molar-refractivity contribution >= 4 is 55.8 Å². The maximum absolute atomic E-state index is 2.38. The molecule has 1 heterocycles. The summed E-state index contributed by atoms with van der Waals surface area (Å²) in [6.45, 7) is 2.20. The SMILES string of the molecule is Cc1ccc2c(-c3cccc4ccccc34)c3ccccc3c(-c3ccc4c(c3)N(C)c3ccccc3C=C4)c2c1. The van der Waals surface area contributed by atoms with Crippen molar-refractivity contribution in [2.45, 2.75) is 6.92 Å². The number of anilines is 2. The number of fused-ring (bicyclic) bond motifs is 5. The summed E-state index contributed by atoms with van der Waals surface area (Å²) in [6.07, 6.45) is 4.47. The van der Waals surface area contributed by atoms with Crippen molar-refractivity contribution < 1.29 is 0 Å². The molecular weight excluding hydrogens is 494 g/mol. The van der Waals surface area contributed by atoms with E-state index in [1.54, 1.807) is 0 Å². The van der Waals surface area contributed by atoms with E-state index in [4.69, 9.17) is 0 Å². The summed E-state index contributed by atoms with van der Waals surface area (Å²) in [6, 6.07) is 46.9. The first-order valence-corrected chi connectivity index (χ1v) is 14.3. The third kappa shape index (κ3) is 3.70. The summed E-state index contributed by atoms with van der Waals surface area (Å²) in [5.41, 5.74) is 11.3. The molecule has 0 radical (unpaired) electrons. The Kier molecular flexibility index (Phi) is 5.33. The third-order valence-corrected chi connectivity index (χ3v) is 8.66. The zero-order valence-electron chi connectivity index (χ0n) is 23.2. The van der Waals surface area contributed by atoms with Gasteiger partial charge in [-0.2, -0.15) is 0 Å². The molecule has 41 heavy (non-hydrogen) atoms. The lowest BCUT2D eigenvalue weighted by Gasteiger charge is -2.24. The van der Waals surface area contributed by atoms with Gasteiger partial charge in [0.1, 0.15) is 0 Å². The monoisotopic (exact) mass is 523 g/mol. The highest BCUT2D eigenvalue weighted by Crippen LogP contribution is 2.47. The molecule has 0 fully saturated rings. The van der Waals surface area contributed by atoms with Gasteiger partial charge in [0, 0.05) is 18.4 Å². The van der Waals surface area contributed by atoms with Crippen LogP contribution < -0.4 is 4.90 Å². The van der Waals surface area contributed by atoms with Crippen LogP contribution in [-0.4, -0.2) is 7.05 Å². The molecule has 0 unspecified atom stereocenters. The van der Waals surface area contributed by atoms with Crippen LogP contribution in [0.2, 0.25) is 0 Å². The van der Waals surface area contributed by atoms with Gasteiger partial charge in [0.25, 0.3) is 0 Å². The molecule has 8 rings (SSSR count). The molecule has 7 aromatic carbocycles. The Morgan fingerprint density at radius 2 is 1.12 bits per heavy atom. The first kappa shape index (κ1) is 23.7. The van der Waals surface area contributed by atoms with Gasteiger partial charge in [0.2, 0.25) is 0 Å². The number of para-hydroxylation sites is 1. The first-order chi connectivity index (χ1) is 20.2. The number of hydrogen-bond acceptors (Lipinski definition) is 1. The molecule has 194 valence electrons. The summed E-state index contributed by atoms with van der Waals surface area (Å²) < 4.78 is 0. The summed E-state index contributed by atoms with van der Waals surface area (Å²) in [5, 5.41) is 7.69. The minimum absolute atomic E-state index is 1.21. The van der Waals surface area contributed by atoms with E-state index in [0.29, 0.717) is 0 Å². The summed E-state index contributed by atoms with van der Waals surface area (Å²) >= 11 is 0. The second-order valence-electron chi connectivity index (χ2n) is 11.1. The molecular formula is C40H29N. The van der Waals surface area contributed by atoms with E-state index in [2.05, 4.69) is 158 Å². The van der Waals surface area contributed by atoms with Crippen LogP contribution in [0.5, 0.6) is 0 Å². The number of rotatable bonds is 2. The fourth-order valence-electron chi connectivity index (χ4n) is 6.71. The Bertz CT molecular complexity index is 2180. The van der Waals surface area contributed by atoms with Gasteiger partial charge in [0.15, 0.2) is 0 Å². The maximum atomic E-state index is 2.38. The highest BCUT2D eigenvalue weighted by atomic mass is 15.1. The smallest absolute Gasteiger partial charge is 0.0488 e. The molecule has 0 spiro atoms. The van der Waals surface area contributed by atoms with Crippen LogP contribution in [0, 0.1) is 6.92 Å². The van der Waals surface area contributed by atoms with Crippen LogP contribution >= 0.6 is 0 Å². The van der Waals surface area contributed by atoms with Crippen LogP contribution in [0.4, 0.5) is 11.4 Å². The molecule has 0 amide bonds. The van der Waals surface area contributed by atoms with E-state index >= 15 is 0 Å². The van der Waals surface area contributed by atoms with Gasteiger partial charge in [0.05, 0.1) is 0 Å². The minimum atomic E-state index is 1.21. The molecule has 1 heteroatoms. The molecule has 0 bridgehead atoms. The summed E-state index contributed by atoms with van der Waals surface area (Å²) in [7, 11) is 2.18. The normalized spacial score (nSPS) is 12.5. The number of hydrogen-bond donors (Lipinski definition) is 0. The lowest BCUT2D eigenvalue weighted by atomic mass is 9.84. The van der Waals surface area contributed by atoms with Crippen molar-refractivity contribution in [1.82, 2.24) is 0 Å². The molecule has 0 saturated carbocycles. The Morgan fingerprint density at radius 1 is 0.463 bits per heavy atom. The molecule has 0 aliphatic carbocycles. The number of aryl methyl sites for hydroxylation is 1. The number of benzene rings is 7. The fourth-order valence-corrected chi connectivity index (χ4v) is 6.71. The standard InChI is InChI=1S/C40H29N/c1-26-18-23-35-36(24-26)39(30-22-21-29-20-19-28-11-4-8-17-37(28)41(2)38(29)25-30)33-14-6-7-15-34(33)40(35)32-16-9-12-27-10-3-5-13-31(27)32/h3-25H,1-2H3. The average Bonchev–Trinajstić information content (AvgIpc) is 3.16. The van der Waals surface area contributed by atoms with Crippen molar-refractivity contribution in [3.05, 3.63) is 144 Å². The second kappa shape index (κ2) is 9.21. The van der Waals surface area contributed by atoms with Crippen molar-refractivity contribution in [3.8, 4) is 22.3 Å². The second-order valence-corrected chi connectivity index (χ2v) is 11.1. The highest BCUT2D eigenvalue weighted by molar-refractivity contribution is 6.23. The Labute approximate surface area is 240 Å². The highest BCUT2D eigenvalue weighted by Gasteiger charge is 2.20. The third-order valence-electron chi connectivity index (χ3n) is 8.66. The van der Waals surface area contributed by atoms with Crippen LogP contribution in [0.1, 0.15) is 16.7 Å². The van der Waals surface area contributed by atoms with Crippen molar-refractivity contribution in [2.75, 3.05) is 11.9 Å². The fraction of sp³-hybridized carbons (Fsp3) is 0.0500. The van der Waals surface area contributed by atoms with E-state index in [0.717, 1.165) is 0 Å². The quantitative estimate of drug-likeness (QED) is 0.204. The van der Waals surface area contributed by atoms with Gasteiger partial charge in [-0.3, -0.25) is 0 Å². The van der Waals surface area contributed by atoms with E-state index in [9.17, 15) is 0 Å². The van der Waals surface area contributed by atoms with Crippen LogP contribution in [-0.2, 0) is 0 Å². The van der Waals surface area contributed by atoms with Crippen molar-refractivity contribution in [2.24, 2.45) is 0 Å². The topological polar surface area (TPSA) is 3.24 Å². The van der Waals surface area contributed by atoms with Crippen LogP contribution in [0.15, 0.2) is 127 Å². The summed E-state index contributed by atoms with van der Waals surface area (Å²) in [5.74, 6) is 0. The van der Waals surface area contributed by atoms with Gasteiger partial charge in [-0.05, 0) is 84.8 Å². The van der Waals surface area contributed by atoms with Crippen LogP contribution in [0.25, 0.3) is 66.7 Å². The molecule has 0 atom stereocenters. The molecule has 0 N–H and O–H groups in total. The lowest BCUT2D eigenvalue weighted by Crippen LogP contribution is -2.11. The van der Waals surface area contributed by atoms with Crippen LogP contribution in [0.3, 0.4) is 0 Å². The zero-order chi connectivity index (χ0) is 27.5. The van der Waals surface area contributed by atoms with E-state index in [1.807, 2.05) is 0 Å². The predicted molar refractivity (Wildman–Crippen MR) is 178 cm³/mol. The average molecular weight is 524 g/mol. The van der Waals surface area contributed by atoms with E-state index in [1.165, 1.54) is 82.6 Å². The Morgan fingerprint density at radius 3 is 1.98 bits per heavy atom. The Balaban J connectivity index is 1.46. The Hall–Kier alpha value is -5.14.